The quantitative estimate of drug-likeness (QED) is 0.928. The molecule has 0 amide bonds. The summed E-state index contributed by atoms with van der Waals surface area (Å²) in [4.78, 5) is 4.20. The number of nitrogens with zero attached hydrogens (tertiary/aromatic N) is 3. The third-order valence-corrected chi connectivity index (χ3v) is 4.06. The van der Waals surface area contributed by atoms with Crippen LogP contribution in [0.3, 0.4) is 0 Å². The van der Waals surface area contributed by atoms with Gasteiger partial charge in [-0.2, -0.15) is 5.10 Å². The second-order valence-corrected chi connectivity index (χ2v) is 5.73. The van der Waals surface area contributed by atoms with Crippen LogP contribution < -0.4 is 5.32 Å². The van der Waals surface area contributed by atoms with E-state index in [1.807, 2.05) is 27.2 Å². The van der Waals surface area contributed by atoms with Crippen LogP contribution in [0.15, 0.2) is 22.9 Å². The van der Waals surface area contributed by atoms with Gasteiger partial charge in [0.15, 0.2) is 0 Å². The Balaban J connectivity index is 2.29. The molecule has 1 N–H and O–H groups in total. The van der Waals surface area contributed by atoms with Crippen LogP contribution in [0.1, 0.15) is 22.9 Å². The van der Waals surface area contributed by atoms with Crippen LogP contribution in [-0.4, -0.2) is 21.8 Å². The molecule has 0 aromatic carbocycles. The smallest absolute Gasteiger partial charge is 0.130 e. The molecule has 0 saturated carbocycles. The Morgan fingerprint density at radius 3 is 2.74 bits per heavy atom. The molecule has 2 heterocycles. The molecule has 6 heteroatoms. The first kappa shape index (κ1) is 14.5. The number of likely N-dealkylation sites (N-methyl/N-ethyl adjacent to an activating group) is 1. The third-order valence-electron chi connectivity index (χ3n) is 3.15. The molecule has 2 aromatic heterocycles. The van der Waals surface area contributed by atoms with E-state index in [9.17, 15) is 0 Å². The fourth-order valence-corrected chi connectivity index (χ4v) is 2.75. The third kappa shape index (κ3) is 3.16. The number of hydrogen-bond acceptors (Lipinski definition) is 3. The number of aryl methyl sites for hydroxylation is 2. The molecule has 2 aromatic rings. The highest BCUT2D eigenvalue weighted by Gasteiger charge is 2.17. The van der Waals surface area contributed by atoms with Crippen LogP contribution >= 0.6 is 27.5 Å². The predicted octanol–water partition coefficient (Wildman–Crippen LogP) is 3.04. The van der Waals surface area contributed by atoms with Crippen LogP contribution in [0.5, 0.6) is 0 Å². The van der Waals surface area contributed by atoms with Gasteiger partial charge in [-0.1, -0.05) is 11.6 Å². The van der Waals surface area contributed by atoms with Crippen molar-refractivity contribution in [3.63, 3.8) is 0 Å². The first-order chi connectivity index (χ1) is 9.02. The lowest BCUT2D eigenvalue weighted by Gasteiger charge is -2.16. The van der Waals surface area contributed by atoms with Gasteiger partial charge in [-0.25, -0.2) is 0 Å². The summed E-state index contributed by atoms with van der Waals surface area (Å²) >= 11 is 9.73. The molecule has 0 aliphatic heterocycles. The average Bonchev–Trinajstić information content (AvgIpc) is 2.61. The lowest BCUT2D eigenvalue weighted by Crippen LogP contribution is -2.19. The van der Waals surface area contributed by atoms with Gasteiger partial charge in [-0.15, -0.1) is 0 Å². The first-order valence-electron chi connectivity index (χ1n) is 5.98. The van der Waals surface area contributed by atoms with E-state index in [2.05, 4.69) is 37.4 Å². The van der Waals surface area contributed by atoms with E-state index in [0.717, 1.165) is 27.7 Å². The van der Waals surface area contributed by atoms with Gasteiger partial charge in [-0.05, 0) is 48.0 Å². The molecule has 0 radical (unpaired) electrons. The normalized spacial score (nSPS) is 12.7. The SMILES string of the molecule is CNC(Cc1c(C)nn(C)c1Cl)c1cncc(Br)c1. The van der Waals surface area contributed by atoms with Crippen LogP contribution in [0.25, 0.3) is 0 Å². The molecule has 1 atom stereocenters. The van der Waals surface area contributed by atoms with Crippen molar-refractivity contribution >= 4 is 27.5 Å². The lowest BCUT2D eigenvalue weighted by molar-refractivity contribution is 0.588. The minimum absolute atomic E-state index is 0.158. The van der Waals surface area contributed by atoms with Gasteiger partial charge in [-0.3, -0.25) is 9.67 Å². The minimum atomic E-state index is 0.158. The van der Waals surface area contributed by atoms with E-state index in [0.29, 0.717) is 5.15 Å². The second kappa shape index (κ2) is 6.03. The molecule has 4 nitrogen and oxygen atoms in total. The molecule has 1 unspecified atom stereocenters. The molecule has 102 valence electrons. The summed E-state index contributed by atoms with van der Waals surface area (Å²) in [6.07, 6.45) is 4.43. The summed E-state index contributed by atoms with van der Waals surface area (Å²) in [7, 11) is 3.79. The Morgan fingerprint density at radius 2 is 2.21 bits per heavy atom. The van der Waals surface area contributed by atoms with Crippen molar-refractivity contribution in [1.29, 1.82) is 0 Å². The first-order valence-corrected chi connectivity index (χ1v) is 7.15. The van der Waals surface area contributed by atoms with Gasteiger partial charge in [0.05, 0.1) is 5.69 Å². The largest absolute Gasteiger partial charge is 0.313 e. The van der Waals surface area contributed by atoms with Gasteiger partial charge in [0.2, 0.25) is 0 Å². The van der Waals surface area contributed by atoms with Crippen molar-refractivity contribution < 1.29 is 0 Å². The van der Waals surface area contributed by atoms with Crippen molar-refractivity contribution in [2.24, 2.45) is 7.05 Å². The minimum Gasteiger partial charge on any atom is -0.313 e. The maximum absolute atomic E-state index is 6.28. The lowest BCUT2D eigenvalue weighted by atomic mass is 10.0. The number of halogens is 2. The second-order valence-electron chi connectivity index (χ2n) is 4.46. The van der Waals surface area contributed by atoms with Gasteiger partial charge < -0.3 is 5.32 Å². The Bertz CT molecular complexity index is 582. The van der Waals surface area contributed by atoms with Crippen molar-refractivity contribution in [2.75, 3.05) is 7.05 Å². The predicted molar refractivity (Wildman–Crippen MR) is 80.4 cm³/mol. The number of pyridine rings is 1. The molecule has 0 aliphatic rings. The summed E-state index contributed by atoms with van der Waals surface area (Å²) in [5, 5.41) is 8.34. The van der Waals surface area contributed by atoms with E-state index in [1.165, 1.54) is 0 Å². The fourth-order valence-electron chi connectivity index (χ4n) is 2.12. The average molecular weight is 344 g/mol. The molecule has 0 aliphatic carbocycles. The standard InChI is InChI=1S/C13H16BrClN4/c1-8-11(13(15)19(3)18-8)5-12(16-2)9-4-10(14)7-17-6-9/h4,6-7,12,16H,5H2,1-3H3. The number of hydrogen-bond donors (Lipinski definition) is 1. The number of aromatic nitrogens is 3. The zero-order valence-corrected chi connectivity index (χ0v) is 13.5. The van der Waals surface area contributed by atoms with Crippen LogP contribution in [0.4, 0.5) is 0 Å². The van der Waals surface area contributed by atoms with Gasteiger partial charge in [0.1, 0.15) is 5.15 Å². The Morgan fingerprint density at radius 1 is 1.47 bits per heavy atom. The van der Waals surface area contributed by atoms with E-state index < -0.39 is 0 Å². The van der Waals surface area contributed by atoms with Crippen molar-refractivity contribution in [1.82, 2.24) is 20.1 Å². The molecule has 0 fully saturated rings. The van der Waals surface area contributed by atoms with Gasteiger partial charge in [0.25, 0.3) is 0 Å². The molecule has 2 rings (SSSR count). The summed E-state index contributed by atoms with van der Waals surface area (Å²) in [5.74, 6) is 0. The van der Waals surface area contributed by atoms with E-state index >= 15 is 0 Å². The van der Waals surface area contributed by atoms with Crippen LogP contribution in [0, 0.1) is 6.92 Å². The highest BCUT2D eigenvalue weighted by molar-refractivity contribution is 9.10. The van der Waals surface area contributed by atoms with E-state index in [-0.39, 0.29) is 6.04 Å². The highest BCUT2D eigenvalue weighted by atomic mass is 79.9. The molecule has 0 saturated heterocycles. The van der Waals surface area contributed by atoms with Crippen molar-refractivity contribution in [2.45, 2.75) is 19.4 Å². The Kier molecular flexibility index (Phi) is 4.60. The monoisotopic (exact) mass is 342 g/mol. The summed E-state index contributed by atoms with van der Waals surface area (Å²) in [6, 6.07) is 2.22. The number of rotatable bonds is 4. The Hall–Kier alpha value is -0.910. The number of nitrogens with one attached hydrogen (secondary N) is 1. The molecule has 0 spiro atoms. The van der Waals surface area contributed by atoms with Crippen LogP contribution in [-0.2, 0) is 13.5 Å². The molecule has 0 bridgehead atoms. The van der Waals surface area contributed by atoms with E-state index in [4.69, 9.17) is 11.6 Å². The van der Waals surface area contributed by atoms with Crippen LogP contribution in [0.2, 0.25) is 5.15 Å². The molecular formula is C13H16BrClN4. The molecule has 19 heavy (non-hydrogen) atoms. The zero-order chi connectivity index (χ0) is 14.0. The summed E-state index contributed by atoms with van der Waals surface area (Å²) in [5.41, 5.74) is 3.16. The maximum atomic E-state index is 6.28. The topological polar surface area (TPSA) is 42.7 Å². The van der Waals surface area contributed by atoms with E-state index in [1.54, 1.807) is 10.9 Å². The van der Waals surface area contributed by atoms with Crippen molar-refractivity contribution in [3.8, 4) is 0 Å². The highest BCUT2D eigenvalue weighted by Crippen LogP contribution is 2.26. The zero-order valence-electron chi connectivity index (χ0n) is 11.1. The van der Waals surface area contributed by atoms with Gasteiger partial charge >= 0.3 is 0 Å². The van der Waals surface area contributed by atoms with Gasteiger partial charge in [0, 0.05) is 35.5 Å². The maximum Gasteiger partial charge on any atom is 0.130 e. The fraction of sp³-hybridized carbons (Fsp3) is 0.385. The molecular weight excluding hydrogens is 328 g/mol. The Labute approximate surface area is 126 Å². The summed E-state index contributed by atoms with van der Waals surface area (Å²) in [6.45, 7) is 1.98. The summed E-state index contributed by atoms with van der Waals surface area (Å²) < 4.78 is 2.68. The van der Waals surface area contributed by atoms with Crippen molar-refractivity contribution in [3.05, 3.63) is 44.9 Å².